The van der Waals surface area contributed by atoms with Gasteiger partial charge in [0.15, 0.2) is 0 Å². The van der Waals surface area contributed by atoms with Crippen molar-refractivity contribution >= 4 is 7.82 Å². The Morgan fingerprint density at radius 3 is 2.12 bits per heavy atom. The summed E-state index contributed by atoms with van der Waals surface area (Å²) in [5.74, 6) is 0.767. The smallest absolute Gasteiger partial charge is 1.00 e. The number of rotatable bonds is 9. The summed E-state index contributed by atoms with van der Waals surface area (Å²) in [6, 6.07) is 0. The third-order valence-corrected chi connectivity index (χ3v) is 2.70. The molecular weight excluding hydrogens is 254 g/mol. The van der Waals surface area contributed by atoms with E-state index in [-0.39, 0.29) is 59.4 Å². The molecule has 0 saturated carbocycles. The first-order valence-corrected chi connectivity index (χ1v) is 7.15. The van der Waals surface area contributed by atoms with Crippen molar-refractivity contribution in [2.45, 2.75) is 52.4 Å². The van der Waals surface area contributed by atoms with E-state index in [9.17, 15) is 4.57 Å². The zero-order chi connectivity index (χ0) is 11.7. The van der Waals surface area contributed by atoms with Crippen molar-refractivity contribution in [2.75, 3.05) is 6.61 Å². The van der Waals surface area contributed by atoms with Gasteiger partial charge in [-0.2, -0.15) is 0 Å². The van der Waals surface area contributed by atoms with E-state index in [1.807, 2.05) is 0 Å². The van der Waals surface area contributed by atoms with Gasteiger partial charge in [-0.15, -0.1) is 0 Å². The molecule has 0 fully saturated rings. The number of hydrogen-bond donors (Lipinski definition) is 2. The van der Waals surface area contributed by atoms with Gasteiger partial charge in [-0.1, -0.05) is 46.0 Å². The van der Waals surface area contributed by atoms with Crippen LogP contribution in [0, 0.1) is 5.92 Å². The molecule has 0 atom stereocenters. The Bertz CT molecular complexity index is 199. The number of unbranched alkanes of at least 4 members (excludes halogenated alkanes) is 4. The van der Waals surface area contributed by atoms with Crippen LogP contribution in [0.25, 0.3) is 0 Å². The second-order valence-corrected chi connectivity index (χ2v) is 5.51. The molecule has 0 saturated heterocycles. The van der Waals surface area contributed by atoms with E-state index in [1.165, 1.54) is 19.3 Å². The van der Waals surface area contributed by atoms with Crippen molar-refractivity contribution in [3.05, 3.63) is 0 Å². The van der Waals surface area contributed by atoms with E-state index in [2.05, 4.69) is 18.4 Å². The largest absolute Gasteiger partial charge is 1.00 e. The van der Waals surface area contributed by atoms with Crippen LogP contribution in [0.5, 0.6) is 0 Å². The molecule has 94 valence electrons. The van der Waals surface area contributed by atoms with E-state index in [0.29, 0.717) is 0 Å². The van der Waals surface area contributed by atoms with E-state index < -0.39 is 7.82 Å². The number of phosphoric acid groups is 1. The summed E-state index contributed by atoms with van der Waals surface area (Å²) in [5.41, 5.74) is 0. The minimum Gasteiger partial charge on any atom is -1.00 e. The summed E-state index contributed by atoms with van der Waals surface area (Å²) < 4.78 is 14.7. The maximum Gasteiger partial charge on any atom is 1.00 e. The van der Waals surface area contributed by atoms with Gasteiger partial charge in [-0.3, -0.25) is 4.52 Å². The Balaban J connectivity index is -0.000000980. The molecule has 0 heterocycles. The van der Waals surface area contributed by atoms with Gasteiger partial charge in [-0.25, -0.2) is 4.57 Å². The Hall–Kier alpha value is 1.75. The van der Waals surface area contributed by atoms with Gasteiger partial charge in [-0.05, 0) is 12.3 Å². The topological polar surface area (TPSA) is 66.8 Å². The van der Waals surface area contributed by atoms with Crippen molar-refractivity contribution in [3.8, 4) is 0 Å². The first-order valence-electron chi connectivity index (χ1n) is 5.62. The summed E-state index contributed by atoms with van der Waals surface area (Å²) in [5, 5.41) is 0. The quantitative estimate of drug-likeness (QED) is 0.359. The summed E-state index contributed by atoms with van der Waals surface area (Å²) in [6.07, 6.45) is 6.55. The molecule has 0 aromatic heterocycles. The Kier molecular flexibility index (Phi) is 14.8. The van der Waals surface area contributed by atoms with Crippen LogP contribution in [0.1, 0.15) is 53.8 Å². The fraction of sp³-hybridized carbons (Fsp3) is 1.00. The molecule has 2 N–H and O–H groups in total. The second kappa shape index (κ2) is 11.8. The molecule has 0 aliphatic rings. The zero-order valence-corrected chi connectivity index (χ0v) is 14.7. The van der Waals surface area contributed by atoms with Gasteiger partial charge in [0, 0.05) is 0 Å². The first-order chi connectivity index (χ1) is 6.92. The molecule has 0 aliphatic heterocycles. The molecule has 0 aliphatic carbocycles. The van der Waals surface area contributed by atoms with Crippen LogP contribution in [0.2, 0.25) is 0 Å². The number of hydrogen-bond acceptors (Lipinski definition) is 2. The van der Waals surface area contributed by atoms with Crippen molar-refractivity contribution in [1.82, 2.24) is 0 Å². The molecule has 0 aromatic rings. The summed E-state index contributed by atoms with van der Waals surface area (Å²) in [4.78, 5) is 16.8. The maximum absolute atomic E-state index is 10.3. The Labute approximate surface area is 143 Å². The molecule has 6 heteroatoms. The average molecular weight is 278 g/mol. The van der Waals surface area contributed by atoms with Gasteiger partial charge < -0.3 is 11.2 Å². The van der Waals surface area contributed by atoms with Crippen molar-refractivity contribution in [1.29, 1.82) is 0 Å². The monoisotopic (exact) mass is 278 g/mol. The predicted molar refractivity (Wildman–Crippen MR) is 61.6 cm³/mol. The van der Waals surface area contributed by atoms with Crippen LogP contribution >= 0.6 is 7.82 Å². The Morgan fingerprint density at radius 1 is 1.12 bits per heavy atom. The average Bonchev–Trinajstić information content (AvgIpc) is 2.07. The molecule has 4 nitrogen and oxygen atoms in total. The van der Waals surface area contributed by atoms with Crippen LogP contribution < -0.4 is 51.4 Å². The van der Waals surface area contributed by atoms with Crippen molar-refractivity contribution < 1.29 is 71.7 Å². The summed E-state index contributed by atoms with van der Waals surface area (Å²) >= 11 is 0. The molecule has 0 radical (unpaired) electrons. The molecular formula is C10H24KO4P. The van der Waals surface area contributed by atoms with Crippen LogP contribution in [-0.2, 0) is 9.09 Å². The maximum atomic E-state index is 10.3. The molecule has 0 bridgehead atoms. The van der Waals surface area contributed by atoms with Crippen LogP contribution in [0.15, 0.2) is 0 Å². The van der Waals surface area contributed by atoms with Crippen LogP contribution in [-0.4, -0.2) is 16.4 Å². The van der Waals surface area contributed by atoms with Gasteiger partial charge in [0.25, 0.3) is 0 Å². The summed E-state index contributed by atoms with van der Waals surface area (Å²) in [6.45, 7) is 4.59. The predicted octanol–water partition coefficient (Wildman–Crippen LogP) is 0.209. The normalized spacial score (nSPS) is 11.6. The van der Waals surface area contributed by atoms with Gasteiger partial charge in [0.1, 0.15) is 0 Å². The van der Waals surface area contributed by atoms with Gasteiger partial charge in [0.2, 0.25) is 0 Å². The number of phosphoric ester groups is 1. The van der Waals surface area contributed by atoms with Gasteiger partial charge in [0.05, 0.1) is 6.61 Å². The summed E-state index contributed by atoms with van der Waals surface area (Å²) in [7, 11) is -4.24. The minimum atomic E-state index is -4.24. The standard InChI is InChI=1S/C10H23O4P.K.H/c1-10(2)8-6-4-3-5-7-9-14-15(11,12)13;;/h10H,3-9H2,1-2H3,(H2,11,12,13);;/q;+1;-1. The van der Waals surface area contributed by atoms with Crippen molar-refractivity contribution in [3.63, 3.8) is 0 Å². The molecule has 0 rings (SSSR count). The van der Waals surface area contributed by atoms with Crippen molar-refractivity contribution in [2.24, 2.45) is 5.92 Å². The zero-order valence-electron chi connectivity index (χ0n) is 11.7. The Morgan fingerprint density at radius 2 is 1.62 bits per heavy atom. The molecule has 0 aromatic carbocycles. The first kappa shape index (κ1) is 20.1. The fourth-order valence-corrected chi connectivity index (χ4v) is 1.74. The molecule has 16 heavy (non-hydrogen) atoms. The second-order valence-electron chi connectivity index (χ2n) is 4.27. The molecule has 0 amide bonds. The third kappa shape index (κ3) is 18.1. The molecule has 0 spiro atoms. The van der Waals surface area contributed by atoms with E-state index in [4.69, 9.17) is 9.79 Å². The van der Waals surface area contributed by atoms with E-state index >= 15 is 0 Å². The fourth-order valence-electron chi connectivity index (χ4n) is 1.37. The van der Waals surface area contributed by atoms with Crippen LogP contribution in [0.4, 0.5) is 0 Å². The third-order valence-electron chi connectivity index (χ3n) is 2.19. The molecule has 0 unspecified atom stereocenters. The van der Waals surface area contributed by atoms with E-state index in [0.717, 1.165) is 25.2 Å². The van der Waals surface area contributed by atoms with Gasteiger partial charge >= 0.3 is 59.2 Å². The SMILES string of the molecule is CC(C)CCCCCCCOP(=O)(O)O.[H-].[K+]. The minimum absolute atomic E-state index is 0. The van der Waals surface area contributed by atoms with E-state index in [1.54, 1.807) is 0 Å². The van der Waals surface area contributed by atoms with Crippen LogP contribution in [0.3, 0.4) is 0 Å².